The average Bonchev–Trinajstić information content (AvgIpc) is 3.46. The van der Waals surface area contributed by atoms with Gasteiger partial charge < -0.3 is 9.84 Å². The highest BCUT2D eigenvalue weighted by Crippen LogP contribution is 2.50. The van der Waals surface area contributed by atoms with E-state index in [1.807, 2.05) is 12.4 Å². The highest BCUT2D eigenvalue weighted by Gasteiger charge is 2.45. The van der Waals surface area contributed by atoms with Gasteiger partial charge >= 0.3 is 12.1 Å². The fourth-order valence-electron chi connectivity index (χ4n) is 4.34. The zero-order chi connectivity index (χ0) is 24.5. The van der Waals surface area contributed by atoms with E-state index < -0.39 is 12.1 Å². The van der Waals surface area contributed by atoms with Gasteiger partial charge in [0.05, 0.1) is 18.4 Å². The molecule has 1 fully saturated rings. The van der Waals surface area contributed by atoms with E-state index >= 15 is 0 Å². The predicted molar refractivity (Wildman–Crippen MR) is 121 cm³/mol. The van der Waals surface area contributed by atoms with Crippen LogP contribution in [0, 0.1) is 0 Å². The third-order valence-corrected chi connectivity index (χ3v) is 6.74. The van der Waals surface area contributed by atoms with Crippen molar-refractivity contribution in [3.8, 4) is 17.0 Å². The van der Waals surface area contributed by atoms with Crippen molar-refractivity contribution in [3.05, 3.63) is 52.6 Å². The molecule has 0 bridgehead atoms. The van der Waals surface area contributed by atoms with E-state index in [9.17, 15) is 13.2 Å². The molecule has 7 nitrogen and oxygen atoms in total. The van der Waals surface area contributed by atoms with Crippen LogP contribution < -0.4 is 4.74 Å². The van der Waals surface area contributed by atoms with E-state index in [1.54, 1.807) is 11.3 Å². The maximum atomic E-state index is 10.6. The quantitative estimate of drug-likeness (QED) is 0.546. The van der Waals surface area contributed by atoms with Gasteiger partial charge in [0.25, 0.3) is 0 Å². The highest BCUT2D eigenvalue weighted by molar-refractivity contribution is 7.09. The maximum absolute atomic E-state index is 10.6. The molecule has 182 valence electrons. The Hall–Kier alpha value is -2.92. The molecular weight excluding hydrogens is 469 g/mol. The first kappa shape index (κ1) is 24.2. The summed E-state index contributed by atoms with van der Waals surface area (Å²) in [5, 5.41) is 15.1. The summed E-state index contributed by atoms with van der Waals surface area (Å²) in [5.41, 5.74) is 3.38. The number of thiazole rings is 1. The van der Waals surface area contributed by atoms with E-state index in [0.717, 1.165) is 43.8 Å². The molecular formula is C23H25F3N4O3S. The van der Waals surface area contributed by atoms with Crippen molar-refractivity contribution in [2.24, 2.45) is 0 Å². The number of nitrogens with zero attached hydrogens (tertiary/aromatic N) is 4. The standard InChI is InChI=1S/C21H24N4OS.C2HF3O2/c1-15(2)25-20-16-5-3-4-6-18(16)26-21(17(20)13-23-25)7-10-24(11-8-21)14-19-22-9-12-27-19;3-2(4,5)1(6)7/h3-6,9,12-13,15H,7-8,10-11,14H2,1-2H3;(H,6,7). The molecule has 34 heavy (non-hydrogen) atoms. The van der Waals surface area contributed by atoms with Crippen LogP contribution in [0.25, 0.3) is 11.3 Å². The molecule has 0 aliphatic carbocycles. The number of hydrogen-bond acceptors (Lipinski definition) is 6. The first-order valence-electron chi connectivity index (χ1n) is 10.9. The summed E-state index contributed by atoms with van der Waals surface area (Å²) in [6.07, 6.45) is 0.800. The minimum absolute atomic E-state index is 0.268. The van der Waals surface area contributed by atoms with Crippen molar-refractivity contribution >= 4 is 17.3 Å². The number of aliphatic carboxylic acids is 1. The summed E-state index contributed by atoms with van der Waals surface area (Å²) in [6.45, 7) is 7.33. The van der Waals surface area contributed by atoms with Crippen molar-refractivity contribution in [1.82, 2.24) is 19.7 Å². The highest BCUT2D eigenvalue weighted by atomic mass is 32.1. The fraction of sp³-hybridized carbons (Fsp3) is 0.435. The van der Waals surface area contributed by atoms with E-state index in [-0.39, 0.29) is 5.60 Å². The van der Waals surface area contributed by atoms with Crippen molar-refractivity contribution in [2.75, 3.05) is 13.1 Å². The van der Waals surface area contributed by atoms with Gasteiger partial charge in [-0.2, -0.15) is 18.3 Å². The number of likely N-dealkylation sites (tertiary alicyclic amines) is 1. The number of hydrogen-bond donors (Lipinski definition) is 1. The van der Waals surface area contributed by atoms with Crippen LogP contribution in [0.4, 0.5) is 13.2 Å². The summed E-state index contributed by atoms with van der Waals surface area (Å²) in [5.74, 6) is -1.77. The second kappa shape index (κ2) is 9.38. The lowest BCUT2D eigenvalue weighted by Gasteiger charge is -2.44. The number of benzene rings is 1. The van der Waals surface area contributed by atoms with Crippen molar-refractivity contribution in [3.63, 3.8) is 0 Å². The van der Waals surface area contributed by atoms with Crippen molar-refractivity contribution in [2.45, 2.75) is 51.1 Å². The minimum atomic E-state index is -5.08. The van der Waals surface area contributed by atoms with Gasteiger partial charge in [0, 0.05) is 54.7 Å². The molecule has 1 N–H and O–H groups in total. The molecule has 0 unspecified atom stereocenters. The molecule has 2 aromatic heterocycles. The maximum Gasteiger partial charge on any atom is 0.490 e. The third-order valence-electron chi connectivity index (χ3n) is 5.97. The summed E-state index contributed by atoms with van der Waals surface area (Å²) in [6, 6.07) is 8.71. The molecule has 1 aromatic carbocycles. The number of alkyl halides is 3. The van der Waals surface area contributed by atoms with Crippen LogP contribution in [0.2, 0.25) is 0 Å². The van der Waals surface area contributed by atoms with Crippen LogP contribution in [0.3, 0.4) is 0 Å². The van der Waals surface area contributed by atoms with Crippen molar-refractivity contribution < 1.29 is 27.8 Å². The topological polar surface area (TPSA) is 80.5 Å². The van der Waals surface area contributed by atoms with E-state index in [2.05, 4.69) is 58.1 Å². The van der Waals surface area contributed by atoms with Gasteiger partial charge in [-0.05, 0) is 26.0 Å². The molecule has 1 spiro atoms. The van der Waals surface area contributed by atoms with E-state index in [0.29, 0.717) is 6.04 Å². The number of fused-ring (bicyclic) bond motifs is 4. The number of para-hydroxylation sites is 1. The number of rotatable bonds is 3. The van der Waals surface area contributed by atoms with Crippen LogP contribution in [0.5, 0.6) is 5.75 Å². The Bertz CT molecular complexity index is 1140. The number of ether oxygens (including phenoxy) is 1. The summed E-state index contributed by atoms with van der Waals surface area (Å²) >= 11 is 1.73. The average molecular weight is 495 g/mol. The Balaban J connectivity index is 0.000000344. The summed E-state index contributed by atoms with van der Waals surface area (Å²) in [4.78, 5) is 15.8. The van der Waals surface area contributed by atoms with Gasteiger partial charge in [0.1, 0.15) is 16.4 Å². The lowest BCUT2D eigenvalue weighted by atomic mass is 9.81. The molecule has 0 radical (unpaired) electrons. The first-order chi connectivity index (χ1) is 16.1. The number of aromatic nitrogens is 3. The monoisotopic (exact) mass is 494 g/mol. The van der Waals surface area contributed by atoms with Gasteiger partial charge in [-0.1, -0.05) is 12.1 Å². The van der Waals surface area contributed by atoms with Crippen LogP contribution >= 0.6 is 11.3 Å². The molecule has 0 saturated carbocycles. The van der Waals surface area contributed by atoms with Gasteiger partial charge in [0.2, 0.25) is 0 Å². The molecule has 3 aromatic rings. The predicted octanol–water partition coefficient (Wildman–Crippen LogP) is 5.10. The Morgan fingerprint density at radius 1 is 1.26 bits per heavy atom. The largest absolute Gasteiger partial charge is 0.490 e. The molecule has 0 atom stereocenters. The minimum Gasteiger partial charge on any atom is -0.482 e. The van der Waals surface area contributed by atoms with Crippen LogP contribution in [-0.2, 0) is 16.9 Å². The Kier molecular flexibility index (Phi) is 6.68. The van der Waals surface area contributed by atoms with Crippen molar-refractivity contribution in [1.29, 1.82) is 0 Å². The summed E-state index contributed by atoms with van der Waals surface area (Å²) in [7, 11) is 0. The van der Waals surface area contributed by atoms with E-state index in [4.69, 9.17) is 19.7 Å². The number of carboxylic acids is 1. The van der Waals surface area contributed by atoms with Gasteiger partial charge in [-0.25, -0.2) is 9.78 Å². The van der Waals surface area contributed by atoms with Gasteiger partial charge in [-0.15, -0.1) is 11.3 Å². The SMILES string of the molecule is CC(C)n1ncc2c1-c1ccccc1OC21CCN(Cc2nccs2)CC1.O=C(O)C(F)(F)F. The second-order valence-electron chi connectivity index (χ2n) is 8.54. The number of carboxylic acid groups (broad SMARTS) is 1. The summed E-state index contributed by atoms with van der Waals surface area (Å²) < 4.78 is 40.6. The number of carbonyl (C=O) groups is 1. The Morgan fingerprint density at radius 3 is 2.53 bits per heavy atom. The normalized spacial score (nSPS) is 16.9. The molecule has 4 heterocycles. The zero-order valence-electron chi connectivity index (χ0n) is 18.7. The van der Waals surface area contributed by atoms with Gasteiger partial charge in [-0.3, -0.25) is 9.58 Å². The molecule has 2 aliphatic heterocycles. The Morgan fingerprint density at radius 2 is 1.94 bits per heavy atom. The molecule has 11 heteroatoms. The smallest absolute Gasteiger partial charge is 0.482 e. The molecule has 5 rings (SSSR count). The van der Waals surface area contributed by atoms with Crippen LogP contribution in [-0.4, -0.2) is 50.0 Å². The van der Waals surface area contributed by atoms with E-state index in [1.165, 1.54) is 16.3 Å². The fourth-order valence-corrected chi connectivity index (χ4v) is 5.00. The third kappa shape index (κ3) is 4.80. The molecule has 1 saturated heterocycles. The lowest BCUT2D eigenvalue weighted by Crippen LogP contribution is -2.47. The number of piperidine rings is 1. The van der Waals surface area contributed by atoms with Crippen LogP contribution in [0.15, 0.2) is 42.0 Å². The Labute approximate surface area is 198 Å². The molecule has 0 amide bonds. The first-order valence-corrected chi connectivity index (χ1v) is 11.8. The molecule has 2 aliphatic rings. The van der Waals surface area contributed by atoms with Crippen LogP contribution in [0.1, 0.15) is 43.3 Å². The van der Waals surface area contributed by atoms with Gasteiger partial charge in [0.15, 0.2) is 0 Å². The second-order valence-corrected chi connectivity index (χ2v) is 9.52. The lowest BCUT2D eigenvalue weighted by molar-refractivity contribution is -0.192. The number of halogens is 3. The zero-order valence-corrected chi connectivity index (χ0v) is 19.6.